The van der Waals surface area contributed by atoms with Crippen LogP contribution in [0, 0.1) is 0 Å². The Balaban J connectivity index is 2.40. The summed E-state index contributed by atoms with van der Waals surface area (Å²) in [7, 11) is 1.59. The van der Waals surface area contributed by atoms with Crippen LogP contribution in [0.5, 0.6) is 5.75 Å². The van der Waals surface area contributed by atoms with E-state index in [1.54, 1.807) is 12.0 Å². The quantitative estimate of drug-likeness (QED) is 0.889. The molecule has 1 aliphatic rings. The third-order valence-corrected chi connectivity index (χ3v) is 4.42. The third-order valence-electron chi connectivity index (χ3n) is 4.42. The molecule has 0 fully saturated rings. The molecule has 0 aliphatic carbocycles. The average Bonchev–Trinajstić information content (AvgIpc) is 2.82. The van der Waals surface area contributed by atoms with Gasteiger partial charge in [0.1, 0.15) is 5.75 Å². The molecule has 0 saturated heterocycles. The number of aliphatic hydroxyl groups is 2. The van der Waals surface area contributed by atoms with Crippen molar-refractivity contribution in [3.8, 4) is 5.75 Å². The number of carbonyl (C=O) groups excluding carboxylic acids is 1. The Kier molecular flexibility index (Phi) is 4.00. The summed E-state index contributed by atoms with van der Waals surface area (Å²) in [5.41, 5.74) is 2.94. The molecule has 122 valence electrons. The zero-order chi connectivity index (χ0) is 16.7. The van der Waals surface area contributed by atoms with E-state index in [0.29, 0.717) is 16.9 Å². The van der Waals surface area contributed by atoms with E-state index in [4.69, 9.17) is 4.74 Å². The molecular weight excluding hydrogens is 294 g/mol. The van der Waals surface area contributed by atoms with Gasteiger partial charge in [-0.2, -0.15) is 0 Å². The van der Waals surface area contributed by atoms with Crippen molar-refractivity contribution in [3.63, 3.8) is 0 Å². The summed E-state index contributed by atoms with van der Waals surface area (Å²) in [6.07, 6.45) is 0. The molecule has 1 heterocycles. The maximum Gasteiger partial charge on any atom is 0.259 e. The lowest BCUT2D eigenvalue weighted by molar-refractivity contribution is 0.0984. The van der Waals surface area contributed by atoms with Crippen LogP contribution >= 0.6 is 0 Å². The van der Waals surface area contributed by atoms with Crippen LogP contribution in [-0.4, -0.2) is 36.4 Å². The molecule has 0 spiro atoms. The summed E-state index contributed by atoms with van der Waals surface area (Å²) < 4.78 is 5.36. The minimum atomic E-state index is -0.178. The molecule has 0 radical (unpaired) electrons. The summed E-state index contributed by atoms with van der Waals surface area (Å²) in [6.45, 7) is 4.00. The molecule has 3 rings (SSSR count). The van der Waals surface area contributed by atoms with E-state index in [1.165, 1.54) is 0 Å². The Morgan fingerprint density at radius 1 is 1.22 bits per heavy atom. The van der Waals surface area contributed by atoms with Gasteiger partial charge in [0.25, 0.3) is 5.91 Å². The van der Waals surface area contributed by atoms with Gasteiger partial charge in [0, 0.05) is 18.0 Å². The molecule has 0 aromatic heterocycles. The summed E-state index contributed by atoms with van der Waals surface area (Å²) >= 11 is 0. The summed E-state index contributed by atoms with van der Waals surface area (Å²) in [4.78, 5) is 14.4. The Morgan fingerprint density at radius 3 is 2.52 bits per heavy atom. The number of β-amino-alcohol motifs (C(OH)–C–C–N with tert-alkyl or cyclic N) is 1. The molecule has 0 bridgehead atoms. The zero-order valence-electron chi connectivity index (χ0n) is 13.6. The smallest absolute Gasteiger partial charge is 0.259 e. The molecule has 1 amide bonds. The third kappa shape index (κ3) is 2.28. The first-order valence-corrected chi connectivity index (χ1v) is 7.74. The number of carbonyl (C=O) groups is 1. The summed E-state index contributed by atoms with van der Waals surface area (Å²) in [5.74, 6) is 0.688. The van der Waals surface area contributed by atoms with Crippen molar-refractivity contribution in [3.05, 3.63) is 34.9 Å². The lowest BCUT2D eigenvalue weighted by atomic mass is 9.89. The Hall–Kier alpha value is -2.11. The molecule has 2 aromatic rings. The summed E-state index contributed by atoms with van der Waals surface area (Å²) in [6, 6.07) is 5.74. The normalized spacial score (nSPS) is 13.5. The second kappa shape index (κ2) is 5.83. The fourth-order valence-corrected chi connectivity index (χ4v) is 3.38. The van der Waals surface area contributed by atoms with Gasteiger partial charge in [-0.25, -0.2) is 0 Å². The van der Waals surface area contributed by atoms with E-state index in [2.05, 4.69) is 0 Å². The molecule has 2 N–H and O–H groups in total. The van der Waals surface area contributed by atoms with Gasteiger partial charge >= 0.3 is 0 Å². The van der Waals surface area contributed by atoms with Crippen LogP contribution in [-0.2, 0) is 6.61 Å². The van der Waals surface area contributed by atoms with Crippen molar-refractivity contribution < 1.29 is 19.7 Å². The number of rotatable bonds is 5. The Bertz CT molecular complexity index is 782. The number of methoxy groups -OCH3 is 1. The summed E-state index contributed by atoms with van der Waals surface area (Å²) in [5, 5.41) is 20.9. The van der Waals surface area contributed by atoms with Gasteiger partial charge in [0.05, 0.1) is 31.6 Å². The number of anilines is 1. The molecule has 0 saturated carbocycles. The maximum absolute atomic E-state index is 12.9. The zero-order valence-corrected chi connectivity index (χ0v) is 13.6. The highest BCUT2D eigenvalue weighted by molar-refractivity contribution is 6.26. The van der Waals surface area contributed by atoms with E-state index >= 15 is 0 Å². The molecule has 5 nitrogen and oxygen atoms in total. The monoisotopic (exact) mass is 315 g/mol. The number of benzene rings is 2. The van der Waals surface area contributed by atoms with Crippen molar-refractivity contribution in [1.29, 1.82) is 0 Å². The van der Waals surface area contributed by atoms with Gasteiger partial charge in [-0.3, -0.25) is 4.79 Å². The van der Waals surface area contributed by atoms with Crippen LogP contribution in [0.2, 0.25) is 0 Å². The van der Waals surface area contributed by atoms with Gasteiger partial charge in [0.15, 0.2) is 0 Å². The van der Waals surface area contributed by atoms with Crippen molar-refractivity contribution >= 4 is 22.4 Å². The van der Waals surface area contributed by atoms with E-state index in [1.807, 2.05) is 32.0 Å². The van der Waals surface area contributed by atoms with Crippen molar-refractivity contribution in [2.75, 3.05) is 25.2 Å². The van der Waals surface area contributed by atoms with E-state index in [-0.39, 0.29) is 31.6 Å². The Labute approximate surface area is 135 Å². The van der Waals surface area contributed by atoms with E-state index < -0.39 is 0 Å². The largest absolute Gasteiger partial charge is 0.497 e. The second-order valence-electron chi connectivity index (χ2n) is 6.06. The second-order valence-corrected chi connectivity index (χ2v) is 6.06. The van der Waals surface area contributed by atoms with Crippen LogP contribution in [0.1, 0.15) is 41.3 Å². The minimum Gasteiger partial charge on any atom is -0.497 e. The first kappa shape index (κ1) is 15.8. The fourth-order valence-electron chi connectivity index (χ4n) is 3.38. The van der Waals surface area contributed by atoms with Crippen LogP contribution in [0.3, 0.4) is 0 Å². The highest BCUT2D eigenvalue weighted by Gasteiger charge is 2.34. The topological polar surface area (TPSA) is 70.0 Å². The number of hydrogen-bond acceptors (Lipinski definition) is 4. The lowest BCUT2D eigenvalue weighted by Gasteiger charge is -2.16. The van der Waals surface area contributed by atoms with Crippen molar-refractivity contribution in [1.82, 2.24) is 0 Å². The number of hydrogen-bond donors (Lipinski definition) is 2. The Morgan fingerprint density at radius 2 is 1.96 bits per heavy atom. The minimum absolute atomic E-state index is 0.121. The molecule has 0 atom stereocenters. The van der Waals surface area contributed by atoms with Gasteiger partial charge in [0.2, 0.25) is 0 Å². The molecule has 2 aromatic carbocycles. The van der Waals surface area contributed by atoms with E-state index in [0.717, 1.165) is 22.0 Å². The number of aliphatic hydroxyl groups excluding tert-OH is 2. The van der Waals surface area contributed by atoms with Crippen LogP contribution in [0.15, 0.2) is 18.2 Å². The number of ether oxygens (including phenoxy) is 1. The molecule has 5 heteroatoms. The molecule has 23 heavy (non-hydrogen) atoms. The van der Waals surface area contributed by atoms with E-state index in [9.17, 15) is 15.0 Å². The highest BCUT2D eigenvalue weighted by atomic mass is 16.5. The first-order chi connectivity index (χ1) is 11.0. The number of nitrogens with zero attached hydrogens (tertiary/aromatic N) is 1. The predicted molar refractivity (Wildman–Crippen MR) is 89.3 cm³/mol. The first-order valence-electron chi connectivity index (χ1n) is 7.74. The van der Waals surface area contributed by atoms with Crippen molar-refractivity contribution in [2.24, 2.45) is 0 Å². The van der Waals surface area contributed by atoms with Gasteiger partial charge in [-0.1, -0.05) is 19.9 Å². The maximum atomic E-state index is 12.9. The lowest BCUT2D eigenvalue weighted by Crippen LogP contribution is -2.30. The average molecular weight is 315 g/mol. The van der Waals surface area contributed by atoms with Crippen LogP contribution < -0.4 is 9.64 Å². The molecule has 0 unspecified atom stereocenters. The van der Waals surface area contributed by atoms with Crippen LogP contribution in [0.25, 0.3) is 10.8 Å². The SMILES string of the molecule is COc1cc2c3c(c(CO)c(C(C)C)cc3c1)C(=O)N2CCO. The van der Waals surface area contributed by atoms with Crippen molar-refractivity contribution in [2.45, 2.75) is 26.4 Å². The number of amides is 1. The fraction of sp³-hybridized carbons (Fsp3) is 0.389. The van der Waals surface area contributed by atoms with Gasteiger partial charge in [-0.05, 0) is 28.5 Å². The van der Waals surface area contributed by atoms with Gasteiger partial charge < -0.3 is 19.8 Å². The predicted octanol–water partition coefficient (Wildman–Crippen LogP) is 2.42. The standard InChI is InChI=1S/C18H21NO4/c1-10(2)13-7-11-6-12(23-3)8-15-16(11)17(14(13)9-21)18(22)19(15)4-5-20/h6-8,10,20-21H,4-5,9H2,1-3H3. The van der Waals surface area contributed by atoms with Gasteiger partial charge in [-0.15, -0.1) is 0 Å². The van der Waals surface area contributed by atoms with Crippen LogP contribution in [0.4, 0.5) is 5.69 Å². The molecular formula is C18H21NO4. The highest BCUT2D eigenvalue weighted by Crippen LogP contribution is 2.44. The molecule has 1 aliphatic heterocycles.